The van der Waals surface area contributed by atoms with Crippen molar-refractivity contribution in [2.24, 2.45) is 4.99 Å². The molecule has 1 atom stereocenters. The molecule has 25 heavy (non-hydrogen) atoms. The molecule has 1 aromatic rings. The van der Waals surface area contributed by atoms with Gasteiger partial charge in [0.25, 0.3) is 0 Å². The largest absolute Gasteiger partial charge is 0.357 e. The quantitative estimate of drug-likeness (QED) is 0.609. The normalized spacial score (nSPS) is 20.5. The van der Waals surface area contributed by atoms with Gasteiger partial charge in [-0.25, -0.2) is 0 Å². The van der Waals surface area contributed by atoms with Crippen molar-refractivity contribution in [2.75, 3.05) is 53.4 Å². The van der Waals surface area contributed by atoms with E-state index < -0.39 is 0 Å². The zero-order valence-electron chi connectivity index (χ0n) is 16.5. The molecule has 5 nitrogen and oxygen atoms in total. The van der Waals surface area contributed by atoms with Crippen LogP contribution in [0.5, 0.6) is 0 Å². The Bertz CT molecular complexity index is 540. The first-order valence-corrected chi connectivity index (χ1v) is 9.39. The summed E-state index contributed by atoms with van der Waals surface area (Å²) in [5.74, 6) is 0.910. The van der Waals surface area contributed by atoms with Gasteiger partial charge in [-0.2, -0.15) is 0 Å². The van der Waals surface area contributed by atoms with Gasteiger partial charge in [0.2, 0.25) is 0 Å². The average Bonchev–Trinajstić information content (AvgIpc) is 2.61. The van der Waals surface area contributed by atoms with Gasteiger partial charge >= 0.3 is 0 Å². The highest BCUT2D eigenvalue weighted by Gasteiger charge is 2.23. The molecule has 1 saturated heterocycles. The topological polar surface area (TPSA) is 42.9 Å². The summed E-state index contributed by atoms with van der Waals surface area (Å²) in [4.78, 5) is 9.69. The van der Waals surface area contributed by atoms with Crippen molar-refractivity contribution < 1.29 is 0 Å². The van der Waals surface area contributed by atoms with Gasteiger partial charge in [0.1, 0.15) is 0 Å². The highest BCUT2D eigenvalue weighted by molar-refractivity contribution is 5.79. The fourth-order valence-corrected chi connectivity index (χ4v) is 3.14. The summed E-state index contributed by atoms with van der Waals surface area (Å²) < 4.78 is 0. The average molecular weight is 346 g/mol. The fraction of sp³-hybridized carbons (Fsp3) is 0.650. The SMILES string of the molecule is CCNC(=NCC(C)(C)c1ccccc1)NCC1CN(C)CCN1C. The summed E-state index contributed by atoms with van der Waals surface area (Å²) in [7, 11) is 4.41. The van der Waals surface area contributed by atoms with Crippen LogP contribution in [0.2, 0.25) is 0 Å². The maximum atomic E-state index is 4.85. The number of aliphatic imine (C=N–C) groups is 1. The van der Waals surface area contributed by atoms with Crippen molar-refractivity contribution in [1.29, 1.82) is 0 Å². The zero-order chi connectivity index (χ0) is 18.3. The summed E-state index contributed by atoms with van der Waals surface area (Å²) in [5, 5.41) is 6.92. The minimum absolute atomic E-state index is 0.0193. The lowest BCUT2D eigenvalue weighted by Gasteiger charge is -2.38. The van der Waals surface area contributed by atoms with Crippen molar-refractivity contribution in [1.82, 2.24) is 20.4 Å². The first-order chi connectivity index (χ1) is 11.9. The number of benzene rings is 1. The number of hydrogen-bond acceptors (Lipinski definition) is 3. The second-order valence-electron chi connectivity index (χ2n) is 7.72. The molecule has 2 N–H and O–H groups in total. The third kappa shape index (κ3) is 6.01. The number of likely N-dealkylation sites (N-methyl/N-ethyl adjacent to an activating group) is 2. The van der Waals surface area contributed by atoms with Crippen LogP contribution >= 0.6 is 0 Å². The Labute approximate surface area is 153 Å². The third-order valence-electron chi connectivity index (χ3n) is 5.02. The number of piperazine rings is 1. The first-order valence-electron chi connectivity index (χ1n) is 9.39. The smallest absolute Gasteiger partial charge is 0.191 e. The van der Waals surface area contributed by atoms with Gasteiger partial charge in [0.05, 0.1) is 6.54 Å². The molecule has 5 heteroatoms. The van der Waals surface area contributed by atoms with E-state index in [-0.39, 0.29) is 5.41 Å². The van der Waals surface area contributed by atoms with Gasteiger partial charge in [-0.1, -0.05) is 44.2 Å². The van der Waals surface area contributed by atoms with Crippen LogP contribution in [0.1, 0.15) is 26.3 Å². The van der Waals surface area contributed by atoms with Gasteiger partial charge in [-0.15, -0.1) is 0 Å². The Morgan fingerprint density at radius 3 is 2.56 bits per heavy atom. The Kier molecular flexibility index (Phi) is 7.26. The van der Waals surface area contributed by atoms with Crippen LogP contribution in [0, 0.1) is 0 Å². The highest BCUT2D eigenvalue weighted by atomic mass is 15.3. The summed E-state index contributed by atoms with van der Waals surface area (Å²) in [6, 6.07) is 11.1. The molecule has 1 unspecified atom stereocenters. The molecule has 1 heterocycles. The zero-order valence-corrected chi connectivity index (χ0v) is 16.5. The molecule has 2 rings (SSSR count). The van der Waals surface area contributed by atoms with Crippen LogP contribution in [-0.2, 0) is 5.41 Å². The van der Waals surface area contributed by atoms with E-state index in [1.54, 1.807) is 0 Å². The molecule has 1 aliphatic heterocycles. The van der Waals surface area contributed by atoms with Gasteiger partial charge < -0.3 is 15.5 Å². The maximum Gasteiger partial charge on any atom is 0.191 e. The molecule has 1 fully saturated rings. The second kappa shape index (κ2) is 9.20. The van der Waals surface area contributed by atoms with E-state index in [1.807, 2.05) is 0 Å². The fourth-order valence-electron chi connectivity index (χ4n) is 3.14. The standard InChI is InChI=1S/C20H35N5/c1-6-21-19(22-14-18-15-24(4)12-13-25(18)5)23-16-20(2,3)17-10-8-7-9-11-17/h7-11,18H,6,12-16H2,1-5H3,(H2,21,22,23). The van der Waals surface area contributed by atoms with Crippen LogP contribution in [0.15, 0.2) is 35.3 Å². The summed E-state index contributed by atoms with van der Waals surface area (Å²) in [6.45, 7) is 12.5. The molecule has 0 radical (unpaired) electrons. The Balaban J connectivity index is 1.96. The van der Waals surface area contributed by atoms with E-state index in [1.165, 1.54) is 5.56 Å². The number of nitrogens with one attached hydrogen (secondary N) is 2. The summed E-state index contributed by atoms with van der Waals surface area (Å²) in [5.41, 5.74) is 1.34. The lowest BCUT2D eigenvalue weighted by molar-refractivity contribution is 0.116. The molecule has 0 amide bonds. The molecule has 0 spiro atoms. The molecule has 0 aromatic heterocycles. The number of nitrogens with zero attached hydrogens (tertiary/aromatic N) is 3. The van der Waals surface area contributed by atoms with Crippen molar-refractivity contribution in [2.45, 2.75) is 32.2 Å². The van der Waals surface area contributed by atoms with E-state index >= 15 is 0 Å². The van der Waals surface area contributed by atoms with Gasteiger partial charge in [-0.3, -0.25) is 9.89 Å². The van der Waals surface area contributed by atoms with Crippen LogP contribution in [-0.4, -0.2) is 75.2 Å². The number of hydrogen-bond donors (Lipinski definition) is 2. The van der Waals surface area contributed by atoms with Crippen LogP contribution in [0.4, 0.5) is 0 Å². The van der Waals surface area contributed by atoms with Crippen molar-refractivity contribution in [3.05, 3.63) is 35.9 Å². The predicted octanol–water partition coefficient (Wildman–Crippen LogP) is 1.77. The lowest BCUT2D eigenvalue weighted by atomic mass is 9.85. The van der Waals surface area contributed by atoms with Crippen LogP contribution < -0.4 is 10.6 Å². The van der Waals surface area contributed by atoms with Crippen molar-refractivity contribution in [3.63, 3.8) is 0 Å². The van der Waals surface area contributed by atoms with Crippen molar-refractivity contribution >= 4 is 5.96 Å². The molecule has 1 aromatic carbocycles. The van der Waals surface area contributed by atoms with E-state index in [0.717, 1.165) is 45.2 Å². The van der Waals surface area contributed by atoms with E-state index in [2.05, 4.69) is 85.6 Å². The summed E-state index contributed by atoms with van der Waals surface area (Å²) in [6.07, 6.45) is 0. The van der Waals surface area contributed by atoms with Crippen molar-refractivity contribution in [3.8, 4) is 0 Å². The number of guanidine groups is 1. The highest BCUT2D eigenvalue weighted by Crippen LogP contribution is 2.22. The van der Waals surface area contributed by atoms with Gasteiger partial charge in [-0.05, 0) is 26.6 Å². The third-order valence-corrected chi connectivity index (χ3v) is 5.02. The van der Waals surface area contributed by atoms with Gasteiger partial charge in [0.15, 0.2) is 5.96 Å². The lowest BCUT2D eigenvalue weighted by Crippen LogP contribution is -2.55. The summed E-state index contributed by atoms with van der Waals surface area (Å²) >= 11 is 0. The van der Waals surface area contributed by atoms with Gasteiger partial charge in [0, 0.05) is 44.2 Å². The van der Waals surface area contributed by atoms with E-state index in [0.29, 0.717) is 6.04 Å². The Hall–Kier alpha value is -1.59. The minimum atomic E-state index is 0.0193. The molecular formula is C20H35N5. The molecule has 0 aliphatic carbocycles. The van der Waals surface area contributed by atoms with Crippen LogP contribution in [0.3, 0.4) is 0 Å². The monoisotopic (exact) mass is 345 g/mol. The molecule has 0 saturated carbocycles. The maximum absolute atomic E-state index is 4.85. The Morgan fingerprint density at radius 1 is 1.16 bits per heavy atom. The molecular weight excluding hydrogens is 310 g/mol. The molecule has 1 aliphatic rings. The minimum Gasteiger partial charge on any atom is -0.357 e. The molecule has 140 valence electrons. The van der Waals surface area contributed by atoms with E-state index in [4.69, 9.17) is 4.99 Å². The Morgan fingerprint density at radius 2 is 1.88 bits per heavy atom. The van der Waals surface area contributed by atoms with Crippen LogP contribution in [0.25, 0.3) is 0 Å². The first kappa shape index (κ1) is 19.7. The van der Waals surface area contributed by atoms with E-state index in [9.17, 15) is 0 Å². The predicted molar refractivity (Wildman–Crippen MR) is 107 cm³/mol. The second-order valence-corrected chi connectivity index (χ2v) is 7.72. The number of rotatable bonds is 6. The molecule has 0 bridgehead atoms.